The minimum atomic E-state index is -0.309. The summed E-state index contributed by atoms with van der Waals surface area (Å²) in [6, 6.07) is 41.3. The Balaban J connectivity index is -0.00000113. The van der Waals surface area contributed by atoms with Crippen LogP contribution in [0, 0.1) is 31.6 Å². The number of primary amides is 1. The van der Waals surface area contributed by atoms with Crippen molar-refractivity contribution in [1.29, 1.82) is 0 Å². The zero-order chi connectivity index (χ0) is 67.1. The number of nitrogens with one attached hydrogen (secondary N) is 6. The van der Waals surface area contributed by atoms with Gasteiger partial charge in [-0.3, -0.25) is 4.79 Å². The Labute approximate surface area is 538 Å². The van der Waals surface area contributed by atoms with Crippen LogP contribution in [0.25, 0.3) is 0 Å². The van der Waals surface area contributed by atoms with E-state index in [1.54, 1.807) is 7.05 Å². The molecule has 18 N–H and O–H groups in total. The zero-order valence-corrected chi connectivity index (χ0v) is 57.1. The summed E-state index contributed by atoms with van der Waals surface area (Å²) < 4.78 is 0. The highest BCUT2D eigenvalue weighted by molar-refractivity contribution is 5.79. The SMILES string of the molecule is C=C(C)CCCCCNC(=C)C(CCCN)CNC(C)(C)C(Cc1ccccc1)NC(=C)CN.C=CC(CC(C)C)NC(=C)CNC(=C)C(N)Cc1ccccc1.C=CN.CC(C)C.CNC(CCCN)C(N)=O.Cc1ccccc1.Cc1ccccc1. The van der Waals surface area contributed by atoms with E-state index in [9.17, 15) is 4.79 Å². The van der Waals surface area contributed by atoms with E-state index in [-0.39, 0.29) is 35.6 Å². The minimum Gasteiger partial charge on any atom is -0.405 e. The van der Waals surface area contributed by atoms with Gasteiger partial charge in [-0.25, -0.2) is 0 Å². The fourth-order valence-electron chi connectivity index (χ4n) is 8.23. The lowest BCUT2D eigenvalue weighted by Crippen LogP contribution is -2.58. The predicted octanol–water partition coefficient (Wildman–Crippen LogP) is 12.5. The molecule has 0 aliphatic rings. The van der Waals surface area contributed by atoms with Gasteiger partial charge in [-0.15, -0.1) is 13.2 Å². The molecule has 0 fully saturated rings. The number of benzene rings is 4. The third-order valence-corrected chi connectivity index (χ3v) is 13.4. The molecule has 494 valence electrons. The molecule has 4 rings (SSSR count). The van der Waals surface area contributed by atoms with Crippen molar-refractivity contribution in [3.63, 3.8) is 0 Å². The van der Waals surface area contributed by atoms with E-state index >= 15 is 0 Å². The number of carbonyl (C=O) groups is 1. The van der Waals surface area contributed by atoms with Crippen LogP contribution < -0.4 is 66.3 Å². The lowest BCUT2D eigenvalue weighted by Gasteiger charge is -2.38. The number of unbranched alkanes of at least 4 members (excludes halogenated alkanes) is 2. The molecule has 0 bridgehead atoms. The molecule has 4 aromatic rings. The third kappa shape index (κ3) is 51.3. The lowest BCUT2D eigenvalue weighted by atomic mass is 9.87. The second-order valence-electron chi connectivity index (χ2n) is 24.0. The van der Waals surface area contributed by atoms with Gasteiger partial charge in [-0.05, 0) is 148 Å². The van der Waals surface area contributed by atoms with Crippen LogP contribution >= 0.6 is 0 Å². The van der Waals surface area contributed by atoms with Gasteiger partial charge in [0.2, 0.25) is 5.91 Å². The summed E-state index contributed by atoms with van der Waals surface area (Å²) in [7, 11) is 1.71. The van der Waals surface area contributed by atoms with Gasteiger partial charge in [0.25, 0.3) is 0 Å². The van der Waals surface area contributed by atoms with Gasteiger partial charge in [0.15, 0.2) is 0 Å². The lowest BCUT2D eigenvalue weighted by molar-refractivity contribution is -0.120. The molecule has 1 amide bonds. The standard InChI is InChI=1S/C29H51N5.C20H31N3.2C7H8.C6H15N3O.C4H10.C2H5N/c1-23(2)14-9-8-12-19-32-25(4)27(17-13-18-30)22-33-29(5,6)28(34-24(3)21-31)20-26-15-10-7-11-16-26;1-6-19(12-15(2)3)23-16(4)14-22-17(5)20(21)13-18-10-8-7-9-11-18;2*1-7-5-3-2-4-6-7;1-9-5(6(8)10)3-2-4-7;1-4(2)3;1-2-3/h7,10-11,15-16,27-28,32-34H,1,3-4,8-9,12-14,17-22,30-31H2,2,5-6H3;6-11,15,19-20,22-23H,1,4-5,12-14,21H2,2-3H3;2*2-6H,1H3;5,9H,2-4,7H2,1H3,(H2,8,10);4H,1-3H3;2H,1,3H2. The quantitative estimate of drug-likeness (QED) is 0.0150. The van der Waals surface area contributed by atoms with Crippen molar-refractivity contribution in [2.45, 2.75) is 170 Å². The molecule has 88 heavy (non-hydrogen) atoms. The summed E-state index contributed by atoms with van der Waals surface area (Å²) in [5.41, 5.74) is 42.7. The maximum Gasteiger partial charge on any atom is 0.234 e. The molecule has 0 saturated heterocycles. The first-order valence-corrected chi connectivity index (χ1v) is 31.8. The predicted molar refractivity (Wildman–Crippen MR) is 388 cm³/mol. The van der Waals surface area contributed by atoms with Crippen molar-refractivity contribution >= 4 is 5.91 Å². The fourth-order valence-corrected chi connectivity index (χ4v) is 8.23. The molecule has 4 aromatic carbocycles. The van der Waals surface area contributed by atoms with Gasteiger partial charge >= 0.3 is 0 Å². The van der Waals surface area contributed by atoms with Crippen molar-refractivity contribution in [1.82, 2.24) is 31.9 Å². The number of amides is 1. The second kappa shape index (κ2) is 55.6. The summed E-state index contributed by atoms with van der Waals surface area (Å²) >= 11 is 0. The largest absolute Gasteiger partial charge is 0.405 e. The molecule has 0 heterocycles. The highest BCUT2D eigenvalue weighted by Crippen LogP contribution is 2.20. The summed E-state index contributed by atoms with van der Waals surface area (Å²) in [6.07, 6.45) is 14.1. The Bertz CT molecular complexity index is 2330. The number of likely N-dealkylation sites (N-methyl/N-ethyl adjacent to an activating group) is 1. The van der Waals surface area contributed by atoms with Gasteiger partial charge in [0, 0.05) is 72.0 Å². The molecular formula is C75H128N12O. The minimum absolute atomic E-state index is 0.115. The first-order chi connectivity index (χ1) is 41.8. The van der Waals surface area contributed by atoms with Crippen LogP contribution in [0.4, 0.5) is 0 Å². The van der Waals surface area contributed by atoms with Crippen LogP contribution in [0.15, 0.2) is 208 Å². The number of hydrogen-bond acceptors (Lipinski definition) is 12. The Hall–Kier alpha value is -6.71. The van der Waals surface area contributed by atoms with Crippen LogP contribution in [0.1, 0.15) is 135 Å². The van der Waals surface area contributed by atoms with Crippen molar-refractivity contribution in [2.75, 3.05) is 46.3 Å². The molecule has 5 unspecified atom stereocenters. The van der Waals surface area contributed by atoms with Gasteiger partial charge in [-0.1, -0.05) is 218 Å². The maximum atomic E-state index is 10.6. The van der Waals surface area contributed by atoms with E-state index in [0.29, 0.717) is 38.0 Å². The molecule has 0 aliphatic heterocycles. The van der Waals surface area contributed by atoms with Crippen LogP contribution in [0.2, 0.25) is 0 Å². The number of aryl methyl sites for hydroxylation is 2. The van der Waals surface area contributed by atoms with Crippen molar-refractivity contribution in [2.24, 2.45) is 52.2 Å². The Morgan fingerprint density at radius 2 is 1.10 bits per heavy atom. The molecule has 0 spiro atoms. The van der Waals surface area contributed by atoms with E-state index in [1.807, 2.05) is 60.7 Å². The third-order valence-electron chi connectivity index (χ3n) is 13.4. The van der Waals surface area contributed by atoms with Crippen molar-refractivity contribution in [3.8, 4) is 0 Å². The van der Waals surface area contributed by atoms with Gasteiger partial charge in [-0.2, -0.15) is 0 Å². The zero-order valence-electron chi connectivity index (χ0n) is 57.1. The summed E-state index contributed by atoms with van der Waals surface area (Å²) in [4.78, 5) is 10.6. The number of allylic oxidation sites excluding steroid dienone is 1. The average molecular weight is 1210 g/mol. The number of rotatable bonds is 36. The number of hydrogen-bond donors (Lipinski definition) is 12. The molecule has 0 aromatic heterocycles. The molecule has 5 atom stereocenters. The van der Waals surface area contributed by atoms with E-state index in [2.05, 4.69) is 220 Å². The monoisotopic (exact) mass is 1210 g/mol. The summed E-state index contributed by atoms with van der Waals surface area (Å²) in [6.45, 7) is 53.4. The fraction of sp³-hybridized carbons (Fsp3) is 0.480. The van der Waals surface area contributed by atoms with Crippen molar-refractivity contribution < 1.29 is 4.79 Å². The summed E-state index contributed by atoms with van der Waals surface area (Å²) in [5, 5.41) is 20.4. The second-order valence-corrected chi connectivity index (χ2v) is 24.0. The van der Waals surface area contributed by atoms with Crippen LogP contribution in [-0.4, -0.2) is 81.9 Å². The van der Waals surface area contributed by atoms with E-state index in [0.717, 1.165) is 99.6 Å². The maximum absolute atomic E-state index is 10.6. The van der Waals surface area contributed by atoms with Gasteiger partial charge < -0.3 is 66.3 Å². The first-order valence-electron chi connectivity index (χ1n) is 31.8. The molecule has 13 heteroatoms. The van der Waals surface area contributed by atoms with Crippen LogP contribution in [0.3, 0.4) is 0 Å². The Morgan fingerprint density at radius 1 is 0.636 bits per heavy atom. The van der Waals surface area contributed by atoms with E-state index < -0.39 is 0 Å². The molecular weight excluding hydrogens is 1080 g/mol. The highest BCUT2D eigenvalue weighted by Gasteiger charge is 2.30. The van der Waals surface area contributed by atoms with Gasteiger partial charge in [0.1, 0.15) is 0 Å². The number of carbonyl (C=O) groups excluding carboxylic acids is 1. The molecule has 0 radical (unpaired) electrons. The Kier molecular flexibility index (Phi) is 54.0. The van der Waals surface area contributed by atoms with E-state index in [4.69, 9.17) is 28.7 Å². The Morgan fingerprint density at radius 3 is 1.50 bits per heavy atom. The van der Waals surface area contributed by atoms with Crippen LogP contribution in [0.5, 0.6) is 0 Å². The summed E-state index contributed by atoms with van der Waals surface area (Å²) in [5.74, 6) is 1.46. The molecule has 0 saturated carbocycles. The van der Waals surface area contributed by atoms with Crippen molar-refractivity contribution in [3.05, 3.63) is 230 Å². The first kappa shape index (κ1) is 85.5. The molecule has 13 nitrogen and oxygen atoms in total. The highest BCUT2D eigenvalue weighted by atomic mass is 16.1. The normalized spacial score (nSPS) is 12.0. The van der Waals surface area contributed by atoms with E-state index in [1.165, 1.54) is 46.9 Å². The number of nitrogens with two attached hydrogens (primary N) is 6. The van der Waals surface area contributed by atoms with Crippen LogP contribution in [-0.2, 0) is 17.6 Å². The smallest absolute Gasteiger partial charge is 0.234 e. The average Bonchev–Trinajstić information content (AvgIpc) is 3.68. The topological polar surface area (TPSA) is 245 Å². The van der Waals surface area contributed by atoms with Gasteiger partial charge in [0.05, 0.1) is 12.6 Å². The molecule has 0 aliphatic carbocycles.